The van der Waals surface area contributed by atoms with Crippen molar-refractivity contribution in [3.63, 3.8) is 0 Å². The summed E-state index contributed by atoms with van der Waals surface area (Å²) in [5.74, 6) is 0.992. The maximum absolute atomic E-state index is 11.9. The van der Waals surface area contributed by atoms with Gasteiger partial charge in [0.2, 0.25) is 0 Å². The van der Waals surface area contributed by atoms with Crippen LogP contribution in [-0.4, -0.2) is 22.2 Å². The van der Waals surface area contributed by atoms with Crippen molar-refractivity contribution in [1.82, 2.24) is 15.1 Å². The molecule has 0 aliphatic carbocycles. The topological polar surface area (TPSA) is 60.1 Å². The molecule has 2 heterocycles. The number of amides is 1. The van der Waals surface area contributed by atoms with Crippen LogP contribution >= 0.6 is 11.6 Å². The second-order valence-electron chi connectivity index (χ2n) is 5.27. The van der Waals surface area contributed by atoms with E-state index < -0.39 is 0 Å². The molecule has 1 aromatic carbocycles. The first kappa shape index (κ1) is 15.6. The molecule has 120 valence electrons. The molecule has 5 nitrogen and oxygen atoms in total. The highest BCUT2D eigenvalue weighted by molar-refractivity contribution is 6.35. The molecule has 1 amide bonds. The lowest BCUT2D eigenvalue weighted by molar-refractivity contribution is 0.0923. The van der Waals surface area contributed by atoms with E-state index in [9.17, 15) is 4.79 Å². The highest BCUT2D eigenvalue weighted by atomic mass is 35.5. The number of furan rings is 1. The highest BCUT2D eigenvalue weighted by Gasteiger charge is 2.10. The largest absolute Gasteiger partial charge is 0.456 e. The van der Waals surface area contributed by atoms with Gasteiger partial charge in [-0.3, -0.25) is 9.48 Å². The SMILES string of the molecule is CCc1ccc(C(=O)NCCCn2ncc3c(Cl)cccc32)o1. The fourth-order valence-electron chi connectivity index (χ4n) is 2.45. The Bertz CT molecular complexity index is 822. The molecule has 0 fully saturated rings. The first-order valence-corrected chi connectivity index (χ1v) is 8.03. The Balaban J connectivity index is 1.53. The summed E-state index contributed by atoms with van der Waals surface area (Å²) in [6, 6.07) is 9.28. The van der Waals surface area contributed by atoms with Gasteiger partial charge in [0.05, 0.1) is 16.7 Å². The second kappa shape index (κ2) is 6.87. The van der Waals surface area contributed by atoms with Crippen molar-refractivity contribution >= 4 is 28.4 Å². The lowest BCUT2D eigenvalue weighted by Crippen LogP contribution is -2.24. The molecule has 6 heteroatoms. The molecule has 1 N–H and O–H groups in total. The summed E-state index contributed by atoms with van der Waals surface area (Å²) in [7, 11) is 0. The molecule has 3 aromatic rings. The number of aryl methyl sites for hydroxylation is 2. The van der Waals surface area contributed by atoms with Crippen molar-refractivity contribution in [3.8, 4) is 0 Å². The molecule has 0 aliphatic rings. The fourth-order valence-corrected chi connectivity index (χ4v) is 2.67. The quantitative estimate of drug-likeness (QED) is 0.701. The number of rotatable bonds is 6. The summed E-state index contributed by atoms with van der Waals surface area (Å²) < 4.78 is 7.32. The van der Waals surface area contributed by atoms with Crippen molar-refractivity contribution in [2.75, 3.05) is 6.54 Å². The third-order valence-electron chi connectivity index (χ3n) is 3.70. The summed E-state index contributed by atoms with van der Waals surface area (Å²) >= 11 is 6.13. The normalized spacial score (nSPS) is 11.0. The van der Waals surface area contributed by atoms with E-state index in [0.717, 1.165) is 29.5 Å². The van der Waals surface area contributed by atoms with Gasteiger partial charge in [0.1, 0.15) is 5.76 Å². The third kappa shape index (κ3) is 3.40. The molecule has 0 aliphatic heterocycles. The highest BCUT2D eigenvalue weighted by Crippen LogP contribution is 2.22. The lowest BCUT2D eigenvalue weighted by Gasteiger charge is -2.05. The number of hydrogen-bond acceptors (Lipinski definition) is 3. The van der Waals surface area contributed by atoms with Gasteiger partial charge in [-0.1, -0.05) is 24.6 Å². The number of halogens is 1. The van der Waals surface area contributed by atoms with Crippen LogP contribution in [0.3, 0.4) is 0 Å². The number of nitrogens with zero attached hydrogens (tertiary/aromatic N) is 2. The minimum Gasteiger partial charge on any atom is -0.456 e. The molecule has 0 saturated carbocycles. The van der Waals surface area contributed by atoms with Crippen LogP contribution in [0.25, 0.3) is 10.9 Å². The predicted molar refractivity (Wildman–Crippen MR) is 89.8 cm³/mol. The molecule has 0 atom stereocenters. The molecule has 2 aromatic heterocycles. The third-order valence-corrected chi connectivity index (χ3v) is 4.03. The summed E-state index contributed by atoms with van der Waals surface area (Å²) in [5.41, 5.74) is 1.00. The Kier molecular flexibility index (Phi) is 4.67. The van der Waals surface area contributed by atoms with E-state index >= 15 is 0 Å². The molecule has 23 heavy (non-hydrogen) atoms. The van der Waals surface area contributed by atoms with Crippen molar-refractivity contribution in [1.29, 1.82) is 0 Å². The smallest absolute Gasteiger partial charge is 0.286 e. The molecule has 3 rings (SSSR count). The van der Waals surface area contributed by atoms with Gasteiger partial charge in [-0.15, -0.1) is 0 Å². The first-order chi connectivity index (χ1) is 11.2. The number of aromatic nitrogens is 2. The molecule has 0 bridgehead atoms. The van der Waals surface area contributed by atoms with Crippen LogP contribution in [0.1, 0.15) is 29.7 Å². The van der Waals surface area contributed by atoms with E-state index in [1.54, 1.807) is 12.3 Å². The Labute approximate surface area is 139 Å². The van der Waals surface area contributed by atoms with E-state index in [1.165, 1.54) is 0 Å². The minimum absolute atomic E-state index is 0.182. The summed E-state index contributed by atoms with van der Waals surface area (Å²) in [4.78, 5) is 11.9. The number of carbonyl (C=O) groups is 1. The summed E-state index contributed by atoms with van der Waals surface area (Å²) in [6.45, 7) is 3.26. The van der Waals surface area contributed by atoms with Gasteiger partial charge >= 0.3 is 0 Å². The van der Waals surface area contributed by atoms with E-state index in [4.69, 9.17) is 16.0 Å². The fraction of sp³-hybridized carbons (Fsp3) is 0.294. The Hall–Kier alpha value is -2.27. The average Bonchev–Trinajstić information content (AvgIpc) is 3.19. The Morgan fingerprint density at radius 1 is 1.35 bits per heavy atom. The molecule has 0 unspecified atom stereocenters. The summed E-state index contributed by atoms with van der Waals surface area (Å²) in [5, 5.41) is 8.85. The maximum Gasteiger partial charge on any atom is 0.286 e. The number of benzene rings is 1. The van der Waals surface area contributed by atoms with Crippen LogP contribution in [0.15, 0.2) is 40.9 Å². The number of carbonyl (C=O) groups excluding carboxylic acids is 1. The average molecular weight is 332 g/mol. The number of fused-ring (bicyclic) bond motifs is 1. The maximum atomic E-state index is 11.9. The Morgan fingerprint density at radius 2 is 2.22 bits per heavy atom. The molecular formula is C17H18ClN3O2. The molecule has 0 saturated heterocycles. The van der Waals surface area contributed by atoms with Crippen molar-refractivity contribution < 1.29 is 9.21 Å². The zero-order valence-corrected chi connectivity index (χ0v) is 13.6. The standard InChI is InChI=1S/C17H18ClN3O2/c1-2-12-7-8-16(23-12)17(22)19-9-4-10-21-15-6-3-5-14(18)13(15)11-20-21/h3,5-8,11H,2,4,9-10H2,1H3,(H,19,22). The van der Waals surface area contributed by atoms with Gasteiger partial charge in [-0.2, -0.15) is 5.10 Å². The second-order valence-corrected chi connectivity index (χ2v) is 5.68. The van der Waals surface area contributed by atoms with Gasteiger partial charge in [0.25, 0.3) is 5.91 Å². The van der Waals surface area contributed by atoms with Crippen molar-refractivity contribution in [2.24, 2.45) is 0 Å². The van der Waals surface area contributed by atoms with Gasteiger partial charge in [0.15, 0.2) is 5.76 Å². The predicted octanol–water partition coefficient (Wildman–Crippen LogP) is 3.67. The van der Waals surface area contributed by atoms with Crippen LogP contribution in [0.5, 0.6) is 0 Å². The number of hydrogen-bond donors (Lipinski definition) is 1. The van der Waals surface area contributed by atoms with Crippen LogP contribution < -0.4 is 5.32 Å². The van der Waals surface area contributed by atoms with Crippen LogP contribution in [0, 0.1) is 0 Å². The number of nitrogens with one attached hydrogen (secondary N) is 1. The van der Waals surface area contributed by atoms with Crippen LogP contribution in [-0.2, 0) is 13.0 Å². The van der Waals surface area contributed by atoms with E-state index in [-0.39, 0.29) is 5.91 Å². The van der Waals surface area contributed by atoms with E-state index in [0.29, 0.717) is 23.9 Å². The molecular weight excluding hydrogens is 314 g/mol. The van der Waals surface area contributed by atoms with Gasteiger partial charge in [-0.25, -0.2) is 0 Å². The van der Waals surface area contributed by atoms with Crippen LogP contribution in [0.2, 0.25) is 5.02 Å². The van der Waals surface area contributed by atoms with Crippen LogP contribution in [0.4, 0.5) is 0 Å². The lowest BCUT2D eigenvalue weighted by atomic mass is 10.2. The van der Waals surface area contributed by atoms with Gasteiger partial charge in [0, 0.05) is 24.9 Å². The first-order valence-electron chi connectivity index (χ1n) is 7.66. The van der Waals surface area contributed by atoms with Crippen molar-refractivity contribution in [3.05, 3.63) is 53.1 Å². The van der Waals surface area contributed by atoms with Gasteiger partial charge < -0.3 is 9.73 Å². The minimum atomic E-state index is -0.182. The zero-order chi connectivity index (χ0) is 16.2. The zero-order valence-electron chi connectivity index (χ0n) is 12.9. The Morgan fingerprint density at radius 3 is 3.00 bits per heavy atom. The molecule has 0 radical (unpaired) electrons. The van der Waals surface area contributed by atoms with Gasteiger partial charge in [-0.05, 0) is 30.7 Å². The van der Waals surface area contributed by atoms with E-state index in [2.05, 4.69) is 10.4 Å². The van der Waals surface area contributed by atoms with Crippen molar-refractivity contribution in [2.45, 2.75) is 26.3 Å². The van der Waals surface area contributed by atoms with E-state index in [1.807, 2.05) is 35.9 Å². The summed E-state index contributed by atoms with van der Waals surface area (Å²) in [6.07, 6.45) is 3.32. The monoisotopic (exact) mass is 331 g/mol. The molecule has 0 spiro atoms.